The van der Waals surface area contributed by atoms with Gasteiger partial charge in [-0.2, -0.15) is 0 Å². The molecule has 86 valence electrons. The first-order valence-corrected chi connectivity index (χ1v) is 6.61. The van der Waals surface area contributed by atoms with Gasteiger partial charge in [0.15, 0.2) is 0 Å². The third-order valence-corrected chi connectivity index (χ3v) is 4.01. The summed E-state index contributed by atoms with van der Waals surface area (Å²) in [4.78, 5) is 2.14. The Labute approximate surface area is 101 Å². The maximum atomic E-state index is 12.2. The van der Waals surface area contributed by atoms with Gasteiger partial charge in [0.05, 0.1) is 12.6 Å². The van der Waals surface area contributed by atoms with Crippen LogP contribution >= 0.6 is 22.7 Å². The van der Waals surface area contributed by atoms with E-state index in [-0.39, 0.29) is 12.6 Å². The predicted octanol–water partition coefficient (Wildman–Crippen LogP) is 3.75. The molecule has 0 saturated carbocycles. The zero-order chi connectivity index (χ0) is 11.4. The number of thiophene rings is 2. The lowest BCUT2D eigenvalue weighted by atomic mass is 10.2. The molecule has 0 aliphatic heterocycles. The minimum absolute atomic E-state index is 0.103. The molecule has 5 heteroatoms. The molecular weight excluding hydrogens is 248 g/mol. The van der Waals surface area contributed by atoms with Crippen LogP contribution in [0.4, 0.5) is 8.78 Å². The molecule has 16 heavy (non-hydrogen) atoms. The molecular formula is C11H11F2NS2. The van der Waals surface area contributed by atoms with Crippen LogP contribution in [0.1, 0.15) is 15.8 Å². The number of nitrogens with one attached hydrogen (secondary N) is 1. The highest BCUT2D eigenvalue weighted by Crippen LogP contribution is 2.29. The van der Waals surface area contributed by atoms with Crippen molar-refractivity contribution in [3.63, 3.8) is 0 Å². The van der Waals surface area contributed by atoms with E-state index in [0.717, 1.165) is 9.75 Å². The van der Waals surface area contributed by atoms with E-state index in [0.29, 0.717) is 0 Å². The van der Waals surface area contributed by atoms with Gasteiger partial charge in [-0.05, 0) is 22.9 Å². The van der Waals surface area contributed by atoms with Crippen molar-refractivity contribution < 1.29 is 8.78 Å². The summed E-state index contributed by atoms with van der Waals surface area (Å²) in [5.41, 5.74) is 0. The summed E-state index contributed by atoms with van der Waals surface area (Å²) in [6.45, 7) is -0.277. The van der Waals surface area contributed by atoms with Gasteiger partial charge in [-0.15, -0.1) is 22.7 Å². The summed E-state index contributed by atoms with van der Waals surface area (Å²) in [7, 11) is 0. The Bertz CT molecular complexity index is 363. The van der Waals surface area contributed by atoms with Gasteiger partial charge in [-0.3, -0.25) is 5.32 Å². The van der Waals surface area contributed by atoms with Gasteiger partial charge in [0.1, 0.15) is 0 Å². The van der Waals surface area contributed by atoms with Gasteiger partial charge in [-0.1, -0.05) is 12.1 Å². The zero-order valence-electron chi connectivity index (χ0n) is 8.40. The third kappa shape index (κ3) is 2.87. The summed E-state index contributed by atoms with van der Waals surface area (Å²) in [5.74, 6) is 0. The minimum Gasteiger partial charge on any atom is -0.299 e. The quantitative estimate of drug-likeness (QED) is 0.862. The molecule has 0 aliphatic carbocycles. The van der Waals surface area contributed by atoms with Crippen molar-refractivity contribution in [3.05, 3.63) is 44.8 Å². The Morgan fingerprint density at radius 3 is 2.00 bits per heavy atom. The second kappa shape index (κ2) is 5.52. The summed E-state index contributed by atoms with van der Waals surface area (Å²) in [6.07, 6.45) is -2.32. The van der Waals surface area contributed by atoms with Crippen molar-refractivity contribution >= 4 is 22.7 Å². The fraction of sp³-hybridized carbons (Fsp3) is 0.273. The summed E-state index contributed by atoms with van der Waals surface area (Å²) < 4.78 is 24.4. The van der Waals surface area contributed by atoms with Crippen molar-refractivity contribution in [3.8, 4) is 0 Å². The molecule has 0 spiro atoms. The van der Waals surface area contributed by atoms with Gasteiger partial charge >= 0.3 is 0 Å². The van der Waals surface area contributed by atoms with E-state index in [4.69, 9.17) is 0 Å². The molecule has 2 heterocycles. The summed E-state index contributed by atoms with van der Waals surface area (Å²) >= 11 is 3.16. The average Bonchev–Trinajstić information content (AvgIpc) is 2.88. The molecule has 1 N–H and O–H groups in total. The second-order valence-electron chi connectivity index (χ2n) is 3.26. The summed E-state index contributed by atoms with van der Waals surface area (Å²) in [5, 5.41) is 6.81. The highest BCUT2D eigenvalue weighted by molar-refractivity contribution is 7.11. The Morgan fingerprint density at radius 2 is 1.62 bits per heavy atom. The van der Waals surface area contributed by atoms with E-state index in [1.165, 1.54) is 0 Å². The molecule has 0 atom stereocenters. The van der Waals surface area contributed by atoms with Crippen LogP contribution < -0.4 is 5.32 Å². The normalized spacial score (nSPS) is 11.5. The number of rotatable bonds is 5. The Kier molecular flexibility index (Phi) is 4.04. The highest BCUT2D eigenvalue weighted by atomic mass is 32.1. The molecule has 0 fully saturated rings. The maximum Gasteiger partial charge on any atom is 0.250 e. The lowest BCUT2D eigenvalue weighted by molar-refractivity contribution is 0.143. The van der Waals surface area contributed by atoms with Crippen LogP contribution in [0.3, 0.4) is 0 Å². The number of hydrogen-bond donors (Lipinski definition) is 1. The van der Waals surface area contributed by atoms with Crippen molar-refractivity contribution in [2.24, 2.45) is 0 Å². The van der Waals surface area contributed by atoms with E-state index in [9.17, 15) is 8.78 Å². The standard InChI is InChI=1S/C11H11F2NS2/c12-10(13)7-14-11(8-3-1-5-15-8)9-4-2-6-16-9/h1-6,10-11,14H,7H2. The van der Waals surface area contributed by atoms with Crippen LogP contribution in [-0.2, 0) is 0 Å². The average molecular weight is 259 g/mol. The molecule has 2 rings (SSSR count). The maximum absolute atomic E-state index is 12.2. The first kappa shape index (κ1) is 11.7. The molecule has 0 radical (unpaired) electrons. The van der Waals surface area contributed by atoms with Crippen LogP contribution in [-0.4, -0.2) is 13.0 Å². The molecule has 2 aromatic rings. The fourth-order valence-electron chi connectivity index (χ4n) is 1.46. The van der Waals surface area contributed by atoms with Crippen molar-refractivity contribution in [1.82, 2.24) is 5.32 Å². The molecule has 0 aliphatic rings. The van der Waals surface area contributed by atoms with Crippen LogP contribution in [0.15, 0.2) is 35.0 Å². The number of hydrogen-bond acceptors (Lipinski definition) is 3. The first-order chi connectivity index (χ1) is 7.77. The summed E-state index contributed by atoms with van der Waals surface area (Å²) in [6, 6.07) is 7.70. The van der Waals surface area contributed by atoms with Crippen LogP contribution in [0.5, 0.6) is 0 Å². The SMILES string of the molecule is FC(F)CNC(c1cccs1)c1cccs1. The fourth-order valence-corrected chi connectivity index (χ4v) is 3.17. The molecule has 0 amide bonds. The van der Waals surface area contributed by atoms with E-state index < -0.39 is 6.43 Å². The van der Waals surface area contributed by atoms with Crippen molar-refractivity contribution in [2.45, 2.75) is 12.5 Å². The molecule has 0 saturated heterocycles. The largest absolute Gasteiger partial charge is 0.299 e. The molecule has 0 aromatic carbocycles. The predicted molar refractivity (Wildman–Crippen MR) is 64.5 cm³/mol. The van der Waals surface area contributed by atoms with Crippen molar-refractivity contribution in [2.75, 3.05) is 6.54 Å². The van der Waals surface area contributed by atoms with Crippen LogP contribution in [0.2, 0.25) is 0 Å². The van der Waals surface area contributed by atoms with Gasteiger partial charge in [0, 0.05) is 9.75 Å². The Hall–Kier alpha value is -0.780. The topological polar surface area (TPSA) is 12.0 Å². The Balaban J connectivity index is 2.14. The van der Waals surface area contributed by atoms with Gasteiger partial charge in [0.2, 0.25) is 0 Å². The third-order valence-electron chi connectivity index (χ3n) is 2.13. The monoisotopic (exact) mass is 259 g/mol. The van der Waals surface area contributed by atoms with Crippen molar-refractivity contribution in [1.29, 1.82) is 0 Å². The van der Waals surface area contributed by atoms with Crippen LogP contribution in [0.25, 0.3) is 0 Å². The van der Waals surface area contributed by atoms with Gasteiger partial charge < -0.3 is 0 Å². The lowest BCUT2D eigenvalue weighted by Crippen LogP contribution is -2.26. The first-order valence-electron chi connectivity index (χ1n) is 4.85. The minimum atomic E-state index is -2.32. The lowest BCUT2D eigenvalue weighted by Gasteiger charge is -2.15. The van der Waals surface area contributed by atoms with E-state index >= 15 is 0 Å². The smallest absolute Gasteiger partial charge is 0.250 e. The van der Waals surface area contributed by atoms with Gasteiger partial charge in [0.25, 0.3) is 6.43 Å². The molecule has 1 nitrogen and oxygen atoms in total. The molecule has 0 unspecified atom stereocenters. The zero-order valence-corrected chi connectivity index (χ0v) is 10.0. The number of alkyl halides is 2. The molecule has 0 bridgehead atoms. The van der Waals surface area contributed by atoms with E-state index in [1.807, 2.05) is 35.0 Å². The van der Waals surface area contributed by atoms with E-state index in [2.05, 4.69) is 5.32 Å². The number of halogens is 2. The second-order valence-corrected chi connectivity index (χ2v) is 5.22. The highest BCUT2D eigenvalue weighted by Gasteiger charge is 2.17. The van der Waals surface area contributed by atoms with Crippen LogP contribution in [0, 0.1) is 0 Å². The van der Waals surface area contributed by atoms with Gasteiger partial charge in [-0.25, -0.2) is 8.78 Å². The van der Waals surface area contributed by atoms with E-state index in [1.54, 1.807) is 22.7 Å². The Morgan fingerprint density at radius 1 is 1.06 bits per heavy atom. The molecule has 2 aromatic heterocycles.